The van der Waals surface area contributed by atoms with E-state index in [4.69, 9.17) is 4.74 Å². The molecule has 4 heteroatoms. The Labute approximate surface area is 142 Å². The Morgan fingerprint density at radius 2 is 1.67 bits per heavy atom. The lowest BCUT2D eigenvalue weighted by molar-refractivity contribution is 0.0933. The second-order valence-corrected chi connectivity index (χ2v) is 6.61. The van der Waals surface area contributed by atoms with E-state index in [9.17, 15) is 5.11 Å². The van der Waals surface area contributed by atoms with Crippen molar-refractivity contribution in [1.82, 2.24) is 9.55 Å². The van der Waals surface area contributed by atoms with Gasteiger partial charge < -0.3 is 14.4 Å². The fourth-order valence-electron chi connectivity index (χ4n) is 2.95. The summed E-state index contributed by atoms with van der Waals surface area (Å²) in [5.74, 6) is 0.800. The van der Waals surface area contributed by atoms with Gasteiger partial charge in [0.2, 0.25) is 0 Å². The van der Waals surface area contributed by atoms with E-state index >= 15 is 0 Å². The maximum atomic E-state index is 10.3. The van der Waals surface area contributed by atoms with Crippen LogP contribution in [-0.4, -0.2) is 27.4 Å². The summed E-state index contributed by atoms with van der Waals surface area (Å²) in [6.45, 7) is 8.97. The summed E-state index contributed by atoms with van der Waals surface area (Å²) >= 11 is 0. The number of aryl methyl sites for hydroxylation is 4. The molecular weight excluding hydrogens is 300 g/mol. The molecule has 1 atom stereocenters. The molecule has 0 aliphatic rings. The fraction of sp³-hybridized carbons (Fsp3) is 0.350. The maximum Gasteiger partial charge on any atom is 0.119 e. The van der Waals surface area contributed by atoms with E-state index < -0.39 is 6.10 Å². The summed E-state index contributed by atoms with van der Waals surface area (Å²) in [7, 11) is 0. The number of imidazole rings is 1. The Kier molecular flexibility index (Phi) is 4.58. The van der Waals surface area contributed by atoms with Crippen LogP contribution in [0.1, 0.15) is 22.3 Å². The highest BCUT2D eigenvalue weighted by molar-refractivity contribution is 5.77. The Bertz CT molecular complexity index is 847. The first-order valence-electron chi connectivity index (χ1n) is 8.23. The zero-order valence-corrected chi connectivity index (χ0v) is 14.7. The molecule has 0 aliphatic carbocycles. The molecule has 1 aromatic heterocycles. The van der Waals surface area contributed by atoms with Crippen LogP contribution in [0.3, 0.4) is 0 Å². The van der Waals surface area contributed by atoms with Gasteiger partial charge >= 0.3 is 0 Å². The van der Waals surface area contributed by atoms with Crippen molar-refractivity contribution < 1.29 is 9.84 Å². The molecule has 0 radical (unpaired) electrons. The fourth-order valence-corrected chi connectivity index (χ4v) is 2.95. The van der Waals surface area contributed by atoms with Crippen LogP contribution in [0.4, 0.5) is 0 Å². The van der Waals surface area contributed by atoms with E-state index in [1.165, 1.54) is 11.1 Å². The number of hydrogen-bond acceptors (Lipinski definition) is 3. The van der Waals surface area contributed by atoms with E-state index in [1.807, 2.05) is 30.5 Å². The third-order valence-electron chi connectivity index (χ3n) is 4.28. The number of aliphatic hydroxyl groups is 1. The molecule has 2 aromatic carbocycles. The SMILES string of the molecule is Cc1cc(C)cc(OCC(O)Cn2cnc3cc(C)c(C)cc32)c1. The van der Waals surface area contributed by atoms with Crippen LogP contribution in [-0.2, 0) is 6.54 Å². The normalized spacial score (nSPS) is 12.5. The number of benzene rings is 2. The predicted molar refractivity (Wildman–Crippen MR) is 96.6 cm³/mol. The summed E-state index contributed by atoms with van der Waals surface area (Å²) in [5.41, 5.74) is 6.78. The quantitative estimate of drug-likeness (QED) is 0.778. The van der Waals surface area contributed by atoms with Crippen LogP contribution in [0.5, 0.6) is 5.75 Å². The molecule has 3 aromatic rings. The Balaban J connectivity index is 1.68. The molecule has 0 saturated heterocycles. The third-order valence-corrected chi connectivity index (χ3v) is 4.28. The molecule has 0 saturated carbocycles. The van der Waals surface area contributed by atoms with Gasteiger partial charge in [0, 0.05) is 0 Å². The van der Waals surface area contributed by atoms with Gasteiger partial charge in [0.15, 0.2) is 0 Å². The van der Waals surface area contributed by atoms with Crippen molar-refractivity contribution >= 4 is 11.0 Å². The zero-order chi connectivity index (χ0) is 17.3. The Hall–Kier alpha value is -2.33. The highest BCUT2D eigenvalue weighted by Gasteiger charge is 2.11. The summed E-state index contributed by atoms with van der Waals surface area (Å²) in [5, 5.41) is 10.3. The number of hydrogen-bond donors (Lipinski definition) is 1. The van der Waals surface area contributed by atoms with Gasteiger partial charge in [0.25, 0.3) is 0 Å². The molecule has 0 fully saturated rings. The van der Waals surface area contributed by atoms with Crippen molar-refractivity contribution in [1.29, 1.82) is 0 Å². The van der Waals surface area contributed by atoms with E-state index in [-0.39, 0.29) is 6.61 Å². The van der Waals surface area contributed by atoms with E-state index in [1.54, 1.807) is 6.33 Å². The van der Waals surface area contributed by atoms with Crippen molar-refractivity contribution in [2.75, 3.05) is 6.61 Å². The average molecular weight is 324 g/mol. The minimum atomic E-state index is -0.593. The Morgan fingerprint density at radius 3 is 2.38 bits per heavy atom. The summed E-state index contributed by atoms with van der Waals surface area (Å²) in [6, 6.07) is 10.3. The van der Waals surface area contributed by atoms with Crippen molar-refractivity contribution in [2.45, 2.75) is 40.3 Å². The van der Waals surface area contributed by atoms with Gasteiger partial charge in [-0.25, -0.2) is 4.98 Å². The molecule has 0 amide bonds. The first-order chi connectivity index (χ1) is 11.4. The lowest BCUT2D eigenvalue weighted by atomic mass is 10.1. The lowest BCUT2D eigenvalue weighted by Gasteiger charge is -2.14. The van der Waals surface area contributed by atoms with Crippen molar-refractivity contribution in [3.8, 4) is 5.75 Å². The minimum Gasteiger partial charge on any atom is -0.491 e. The number of aromatic nitrogens is 2. The molecule has 1 N–H and O–H groups in total. The highest BCUT2D eigenvalue weighted by atomic mass is 16.5. The van der Waals surface area contributed by atoms with Gasteiger partial charge in [-0.1, -0.05) is 6.07 Å². The van der Waals surface area contributed by atoms with Crippen LogP contribution in [0.25, 0.3) is 11.0 Å². The van der Waals surface area contributed by atoms with Crippen LogP contribution >= 0.6 is 0 Å². The largest absolute Gasteiger partial charge is 0.491 e. The van der Waals surface area contributed by atoms with Crippen molar-refractivity contribution in [3.05, 3.63) is 58.9 Å². The molecule has 1 unspecified atom stereocenters. The number of rotatable bonds is 5. The van der Waals surface area contributed by atoms with Gasteiger partial charge in [-0.2, -0.15) is 0 Å². The van der Waals surface area contributed by atoms with Crippen LogP contribution in [0.2, 0.25) is 0 Å². The predicted octanol–water partition coefficient (Wildman–Crippen LogP) is 3.71. The average Bonchev–Trinajstić information content (AvgIpc) is 2.87. The molecule has 24 heavy (non-hydrogen) atoms. The monoisotopic (exact) mass is 324 g/mol. The second kappa shape index (κ2) is 6.65. The molecule has 0 aliphatic heterocycles. The van der Waals surface area contributed by atoms with Gasteiger partial charge in [-0.15, -0.1) is 0 Å². The van der Waals surface area contributed by atoms with Gasteiger partial charge in [-0.05, 0) is 74.2 Å². The third kappa shape index (κ3) is 3.60. The molecule has 4 nitrogen and oxygen atoms in total. The molecule has 1 heterocycles. The summed E-state index contributed by atoms with van der Waals surface area (Å²) < 4.78 is 7.73. The number of ether oxygens (including phenoxy) is 1. The minimum absolute atomic E-state index is 0.257. The van der Waals surface area contributed by atoms with E-state index in [2.05, 4.69) is 37.0 Å². The zero-order valence-electron chi connectivity index (χ0n) is 14.7. The van der Waals surface area contributed by atoms with E-state index in [0.717, 1.165) is 27.9 Å². The van der Waals surface area contributed by atoms with Gasteiger partial charge in [0.05, 0.1) is 23.9 Å². The molecule has 126 valence electrons. The number of aliphatic hydroxyl groups excluding tert-OH is 1. The highest BCUT2D eigenvalue weighted by Crippen LogP contribution is 2.19. The Morgan fingerprint density at radius 1 is 1.00 bits per heavy atom. The first kappa shape index (κ1) is 16.5. The topological polar surface area (TPSA) is 47.3 Å². The van der Waals surface area contributed by atoms with E-state index in [0.29, 0.717) is 6.54 Å². The smallest absolute Gasteiger partial charge is 0.119 e. The lowest BCUT2D eigenvalue weighted by Crippen LogP contribution is -2.23. The van der Waals surface area contributed by atoms with Crippen molar-refractivity contribution in [2.24, 2.45) is 0 Å². The molecule has 0 spiro atoms. The summed E-state index contributed by atoms with van der Waals surface area (Å²) in [4.78, 5) is 4.43. The molecular formula is C20H24N2O2. The molecule has 3 rings (SSSR count). The second-order valence-electron chi connectivity index (χ2n) is 6.61. The van der Waals surface area contributed by atoms with Crippen LogP contribution < -0.4 is 4.74 Å². The van der Waals surface area contributed by atoms with Gasteiger partial charge in [-0.3, -0.25) is 0 Å². The number of nitrogens with zero attached hydrogens (tertiary/aromatic N) is 2. The van der Waals surface area contributed by atoms with Crippen LogP contribution in [0, 0.1) is 27.7 Å². The molecule has 0 bridgehead atoms. The first-order valence-corrected chi connectivity index (χ1v) is 8.23. The summed E-state index contributed by atoms with van der Waals surface area (Å²) in [6.07, 6.45) is 1.19. The van der Waals surface area contributed by atoms with Gasteiger partial charge in [0.1, 0.15) is 18.5 Å². The number of fused-ring (bicyclic) bond motifs is 1. The standard InChI is InChI=1S/C20H24N2O2/c1-13-5-14(2)7-18(6-13)24-11-17(23)10-22-12-21-19-8-15(3)16(4)9-20(19)22/h5-9,12,17,23H,10-11H2,1-4H3. The van der Waals surface area contributed by atoms with Crippen LogP contribution in [0.15, 0.2) is 36.7 Å². The maximum absolute atomic E-state index is 10.3. The van der Waals surface area contributed by atoms with Crippen molar-refractivity contribution in [3.63, 3.8) is 0 Å².